The van der Waals surface area contributed by atoms with Gasteiger partial charge in [-0.05, 0) is 25.7 Å². The van der Waals surface area contributed by atoms with E-state index in [1.165, 1.54) is 45.2 Å². The lowest BCUT2D eigenvalue weighted by Gasteiger charge is -2.46. The van der Waals surface area contributed by atoms with Crippen molar-refractivity contribution in [3.05, 3.63) is 0 Å². The van der Waals surface area contributed by atoms with Crippen molar-refractivity contribution in [3.63, 3.8) is 0 Å². The zero-order chi connectivity index (χ0) is 12.8. The minimum absolute atomic E-state index is 0.441. The first-order valence-electron chi connectivity index (χ1n) is 7.86. The SMILES string of the molecule is CCCOCCN1CC2(CCCC2)NCC1CC. The molecule has 1 atom stereocenters. The number of piperazine rings is 1. The van der Waals surface area contributed by atoms with E-state index in [9.17, 15) is 0 Å². The summed E-state index contributed by atoms with van der Waals surface area (Å²) in [6.45, 7) is 9.81. The van der Waals surface area contributed by atoms with Gasteiger partial charge in [-0.1, -0.05) is 26.7 Å². The quantitative estimate of drug-likeness (QED) is 0.737. The van der Waals surface area contributed by atoms with Gasteiger partial charge in [0.1, 0.15) is 0 Å². The van der Waals surface area contributed by atoms with Crippen LogP contribution >= 0.6 is 0 Å². The highest BCUT2D eigenvalue weighted by atomic mass is 16.5. The first-order valence-corrected chi connectivity index (χ1v) is 7.86. The van der Waals surface area contributed by atoms with Crippen LogP contribution in [-0.4, -0.2) is 49.3 Å². The van der Waals surface area contributed by atoms with Crippen LogP contribution in [0.3, 0.4) is 0 Å². The zero-order valence-corrected chi connectivity index (χ0v) is 12.2. The molecule has 0 radical (unpaired) electrons. The van der Waals surface area contributed by atoms with Crippen molar-refractivity contribution in [2.45, 2.75) is 64.0 Å². The predicted octanol–water partition coefficient (Wildman–Crippen LogP) is 2.41. The number of ether oxygens (including phenoxy) is 1. The fourth-order valence-corrected chi connectivity index (χ4v) is 3.52. The standard InChI is InChI=1S/C15H30N2O/c1-3-10-18-11-9-17-13-15(7-5-6-8-15)16-12-14(17)4-2/h14,16H,3-13H2,1-2H3. The molecule has 18 heavy (non-hydrogen) atoms. The maximum atomic E-state index is 5.67. The Hall–Kier alpha value is -0.120. The average Bonchev–Trinajstić information content (AvgIpc) is 2.83. The van der Waals surface area contributed by atoms with Gasteiger partial charge in [-0.3, -0.25) is 4.90 Å². The Morgan fingerprint density at radius 1 is 1.22 bits per heavy atom. The second-order valence-electron chi connectivity index (χ2n) is 6.01. The van der Waals surface area contributed by atoms with E-state index in [4.69, 9.17) is 4.74 Å². The maximum absolute atomic E-state index is 5.67. The summed E-state index contributed by atoms with van der Waals surface area (Å²) in [6, 6.07) is 0.710. The fraction of sp³-hybridized carbons (Fsp3) is 1.00. The van der Waals surface area contributed by atoms with E-state index in [0.29, 0.717) is 11.6 Å². The van der Waals surface area contributed by atoms with Crippen molar-refractivity contribution < 1.29 is 4.74 Å². The minimum atomic E-state index is 0.441. The normalized spacial score (nSPS) is 28.0. The van der Waals surface area contributed by atoms with Crippen molar-refractivity contribution in [3.8, 4) is 0 Å². The molecule has 1 saturated heterocycles. The first-order chi connectivity index (χ1) is 8.79. The van der Waals surface area contributed by atoms with Gasteiger partial charge in [-0.2, -0.15) is 0 Å². The van der Waals surface area contributed by atoms with Crippen LogP contribution < -0.4 is 5.32 Å². The van der Waals surface area contributed by atoms with Crippen molar-refractivity contribution in [1.82, 2.24) is 10.2 Å². The molecular weight excluding hydrogens is 224 g/mol. The number of nitrogens with one attached hydrogen (secondary N) is 1. The van der Waals surface area contributed by atoms with Gasteiger partial charge in [0.15, 0.2) is 0 Å². The Bertz CT molecular complexity index is 239. The van der Waals surface area contributed by atoms with Crippen molar-refractivity contribution in [2.24, 2.45) is 0 Å². The third-order valence-corrected chi connectivity index (χ3v) is 4.64. The second kappa shape index (κ2) is 6.88. The average molecular weight is 254 g/mol. The van der Waals surface area contributed by atoms with Crippen LogP contribution in [-0.2, 0) is 4.74 Å². The summed E-state index contributed by atoms with van der Waals surface area (Å²) >= 11 is 0. The van der Waals surface area contributed by atoms with E-state index in [0.717, 1.165) is 26.2 Å². The van der Waals surface area contributed by atoms with Crippen LogP contribution in [0, 0.1) is 0 Å². The van der Waals surface area contributed by atoms with Gasteiger partial charge >= 0.3 is 0 Å². The fourth-order valence-electron chi connectivity index (χ4n) is 3.52. The molecule has 2 rings (SSSR count). The van der Waals surface area contributed by atoms with Crippen LogP contribution in [0.2, 0.25) is 0 Å². The van der Waals surface area contributed by atoms with Crippen LogP contribution in [0.5, 0.6) is 0 Å². The van der Waals surface area contributed by atoms with Gasteiger partial charge in [0.25, 0.3) is 0 Å². The summed E-state index contributed by atoms with van der Waals surface area (Å²) in [4.78, 5) is 2.68. The van der Waals surface area contributed by atoms with E-state index >= 15 is 0 Å². The molecule has 2 aliphatic rings. The molecule has 0 bridgehead atoms. The van der Waals surface area contributed by atoms with E-state index in [2.05, 4.69) is 24.1 Å². The van der Waals surface area contributed by atoms with Gasteiger partial charge < -0.3 is 10.1 Å². The Morgan fingerprint density at radius 2 is 2.00 bits per heavy atom. The molecule has 1 aliphatic heterocycles. The highest BCUT2D eigenvalue weighted by Crippen LogP contribution is 2.33. The van der Waals surface area contributed by atoms with Crippen molar-refractivity contribution >= 4 is 0 Å². The largest absolute Gasteiger partial charge is 0.380 e. The highest BCUT2D eigenvalue weighted by Gasteiger charge is 2.40. The molecule has 3 nitrogen and oxygen atoms in total. The molecule has 0 amide bonds. The second-order valence-corrected chi connectivity index (χ2v) is 6.01. The van der Waals surface area contributed by atoms with E-state index < -0.39 is 0 Å². The third kappa shape index (κ3) is 3.46. The summed E-state index contributed by atoms with van der Waals surface area (Å²) in [5.74, 6) is 0. The van der Waals surface area contributed by atoms with Gasteiger partial charge in [-0.25, -0.2) is 0 Å². The predicted molar refractivity (Wildman–Crippen MR) is 76.0 cm³/mol. The molecule has 1 unspecified atom stereocenters. The molecule has 3 heteroatoms. The summed E-state index contributed by atoms with van der Waals surface area (Å²) in [7, 11) is 0. The molecule has 0 aromatic rings. The Kier molecular flexibility index (Phi) is 5.46. The molecule has 1 aliphatic carbocycles. The van der Waals surface area contributed by atoms with E-state index in [1.54, 1.807) is 0 Å². The zero-order valence-electron chi connectivity index (χ0n) is 12.2. The first kappa shape index (κ1) is 14.3. The Labute approximate surface area is 112 Å². The van der Waals surface area contributed by atoms with Crippen molar-refractivity contribution in [1.29, 1.82) is 0 Å². The minimum Gasteiger partial charge on any atom is -0.380 e. The lowest BCUT2D eigenvalue weighted by Crippen LogP contribution is -2.63. The van der Waals surface area contributed by atoms with Gasteiger partial charge in [0.05, 0.1) is 6.61 Å². The molecule has 0 aromatic heterocycles. The summed E-state index contributed by atoms with van der Waals surface area (Å²) < 4.78 is 5.67. The van der Waals surface area contributed by atoms with Crippen LogP contribution in [0.15, 0.2) is 0 Å². The maximum Gasteiger partial charge on any atom is 0.0593 e. The smallest absolute Gasteiger partial charge is 0.0593 e. The van der Waals surface area contributed by atoms with Crippen LogP contribution in [0.4, 0.5) is 0 Å². The van der Waals surface area contributed by atoms with Gasteiger partial charge in [0.2, 0.25) is 0 Å². The molecule has 106 valence electrons. The molecule has 1 heterocycles. The lowest BCUT2D eigenvalue weighted by molar-refractivity contribution is 0.0405. The lowest BCUT2D eigenvalue weighted by atomic mass is 9.91. The number of rotatable bonds is 6. The summed E-state index contributed by atoms with van der Waals surface area (Å²) in [5, 5.41) is 3.84. The van der Waals surface area contributed by atoms with E-state index in [-0.39, 0.29) is 0 Å². The summed E-state index contributed by atoms with van der Waals surface area (Å²) in [5.41, 5.74) is 0.441. The molecular formula is C15H30N2O. The Morgan fingerprint density at radius 3 is 2.67 bits per heavy atom. The molecule has 2 fully saturated rings. The monoisotopic (exact) mass is 254 g/mol. The summed E-state index contributed by atoms with van der Waals surface area (Å²) in [6.07, 6.45) is 7.93. The van der Waals surface area contributed by atoms with Gasteiger partial charge in [0, 0.05) is 37.8 Å². The van der Waals surface area contributed by atoms with Gasteiger partial charge in [-0.15, -0.1) is 0 Å². The highest BCUT2D eigenvalue weighted by molar-refractivity contribution is 5.00. The third-order valence-electron chi connectivity index (χ3n) is 4.64. The molecule has 1 N–H and O–H groups in total. The van der Waals surface area contributed by atoms with Crippen molar-refractivity contribution in [2.75, 3.05) is 32.8 Å². The molecule has 1 spiro atoms. The van der Waals surface area contributed by atoms with E-state index in [1.807, 2.05) is 0 Å². The number of hydrogen-bond acceptors (Lipinski definition) is 3. The van der Waals surface area contributed by atoms with Crippen LogP contribution in [0.25, 0.3) is 0 Å². The number of nitrogens with zero attached hydrogens (tertiary/aromatic N) is 1. The number of hydrogen-bond donors (Lipinski definition) is 1. The topological polar surface area (TPSA) is 24.5 Å². The van der Waals surface area contributed by atoms with Crippen LogP contribution in [0.1, 0.15) is 52.4 Å². The molecule has 1 saturated carbocycles. The Balaban J connectivity index is 1.83. The molecule has 0 aromatic carbocycles.